The highest BCUT2D eigenvalue weighted by molar-refractivity contribution is 4.98. The Bertz CT molecular complexity index is 625. The van der Waals surface area contributed by atoms with E-state index >= 15 is 0 Å². The largest absolute Gasteiger partial charge is 0.394 e. The third kappa shape index (κ3) is 4.78. The van der Waals surface area contributed by atoms with Gasteiger partial charge in [0.15, 0.2) is 6.29 Å². The standard InChI is InChI=1S/C17H30O15/c18-2-7-6(21)1-17(27,31-7)28-4-9-10(22)12(24)13(25)15(29-9)32-16(5-20)14(26)11(23)8(3-19)30-16/h6-15,18-27H,1-5H2/t6-,7+,8+,9+,10+,11+,12-,13+,14-,15+,16-,17+/m0/s1. The molecule has 3 aliphatic rings. The first-order valence-electron chi connectivity index (χ1n) is 9.97. The zero-order chi connectivity index (χ0) is 23.8. The first-order chi connectivity index (χ1) is 15.0. The molecule has 3 heterocycles. The molecular formula is C17H30O15. The molecule has 0 aliphatic carbocycles. The number of hydrogen-bond acceptors (Lipinski definition) is 15. The molecule has 0 aromatic heterocycles. The number of hydrogen-bond donors (Lipinski definition) is 10. The van der Waals surface area contributed by atoms with E-state index in [9.17, 15) is 46.0 Å². The molecule has 3 saturated heterocycles. The first kappa shape index (κ1) is 26.0. The summed E-state index contributed by atoms with van der Waals surface area (Å²) in [5.41, 5.74) is 0. The summed E-state index contributed by atoms with van der Waals surface area (Å²) in [6.45, 7) is -3.01. The van der Waals surface area contributed by atoms with E-state index in [0.29, 0.717) is 0 Å². The molecule has 3 aliphatic heterocycles. The van der Waals surface area contributed by atoms with Crippen molar-refractivity contribution in [3.8, 4) is 0 Å². The normalized spacial score (nSPS) is 51.9. The topological polar surface area (TPSA) is 248 Å². The Morgan fingerprint density at radius 3 is 1.97 bits per heavy atom. The molecule has 188 valence electrons. The lowest BCUT2D eigenvalue weighted by atomic mass is 9.99. The maximum atomic E-state index is 10.3. The lowest BCUT2D eigenvalue weighted by Gasteiger charge is -2.43. The molecule has 0 saturated carbocycles. The summed E-state index contributed by atoms with van der Waals surface area (Å²) >= 11 is 0. The van der Waals surface area contributed by atoms with Gasteiger partial charge in [-0.25, -0.2) is 0 Å². The second kappa shape index (κ2) is 9.95. The second-order valence-corrected chi connectivity index (χ2v) is 8.01. The maximum absolute atomic E-state index is 10.3. The Morgan fingerprint density at radius 1 is 0.781 bits per heavy atom. The minimum Gasteiger partial charge on any atom is -0.394 e. The highest BCUT2D eigenvalue weighted by Crippen LogP contribution is 2.36. The zero-order valence-electron chi connectivity index (χ0n) is 16.8. The Morgan fingerprint density at radius 2 is 1.44 bits per heavy atom. The molecule has 0 spiro atoms. The van der Waals surface area contributed by atoms with Crippen LogP contribution < -0.4 is 0 Å². The molecule has 0 aromatic rings. The molecule has 0 amide bonds. The average Bonchev–Trinajstić information content (AvgIpc) is 3.20. The lowest BCUT2D eigenvalue weighted by Crippen LogP contribution is -2.63. The van der Waals surface area contributed by atoms with Crippen molar-refractivity contribution >= 4 is 0 Å². The molecule has 32 heavy (non-hydrogen) atoms. The van der Waals surface area contributed by atoms with Gasteiger partial charge in [0.2, 0.25) is 5.79 Å². The van der Waals surface area contributed by atoms with E-state index in [-0.39, 0.29) is 0 Å². The predicted octanol–water partition coefficient (Wildman–Crippen LogP) is -6.58. The first-order valence-corrected chi connectivity index (χ1v) is 9.97. The predicted molar refractivity (Wildman–Crippen MR) is 95.0 cm³/mol. The van der Waals surface area contributed by atoms with Gasteiger partial charge in [0.05, 0.1) is 32.3 Å². The second-order valence-electron chi connectivity index (χ2n) is 8.01. The van der Waals surface area contributed by atoms with Crippen LogP contribution in [0.25, 0.3) is 0 Å². The molecule has 3 fully saturated rings. The molecule has 15 heteroatoms. The SMILES string of the molecule is OC[C@H]1O[C@@](CO)(O[C@H]2O[C@H](CO[C@]3(O)C[C@H](O)[C@@H](CO)O3)[C@@H](O)[C@H](O)[C@H]2O)[C@@H](O)[C@@H]1O. The van der Waals surface area contributed by atoms with Gasteiger partial charge in [-0.15, -0.1) is 0 Å². The molecule has 0 bridgehead atoms. The van der Waals surface area contributed by atoms with Gasteiger partial charge in [0.25, 0.3) is 5.97 Å². The van der Waals surface area contributed by atoms with Crippen molar-refractivity contribution in [2.24, 2.45) is 0 Å². The van der Waals surface area contributed by atoms with Crippen LogP contribution in [0.3, 0.4) is 0 Å². The van der Waals surface area contributed by atoms with Crippen molar-refractivity contribution in [2.75, 3.05) is 26.4 Å². The van der Waals surface area contributed by atoms with Crippen LogP contribution in [0.2, 0.25) is 0 Å². The van der Waals surface area contributed by atoms with Gasteiger partial charge < -0.3 is 74.7 Å². The molecule has 3 rings (SSSR count). The summed E-state index contributed by atoms with van der Waals surface area (Å²) in [6.07, 6.45) is -16.4. The summed E-state index contributed by atoms with van der Waals surface area (Å²) in [5, 5.41) is 98.8. The molecule has 12 atom stereocenters. The van der Waals surface area contributed by atoms with Gasteiger partial charge in [0.1, 0.15) is 55.4 Å². The van der Waals surface area contributed by atoms with Gasteiger partial charge in [-0.2, -0.15) is 0 Å². The lowest BCUT2D eigenvalue weighted by molar-refractivity contribution is -0.398. The molecule has 0 unspecified atom stereocenters. The number of rotatable bonds is 8. The van der Waals surface area contributed by atoms with Crippen molar-refractivity contribution < 1.29 is 74.7 Å². The van der Waals surface area contributed by atoms with Crippen molar-refractivity contribution in [2.45, 2.75) is 79.4 Å². The van der Waals surface area contributed by atoms with E-state index in [1.54, 1.807) is 0 Å². The fourth-order valence-corrected chi connectivity index (χ4v) is 3.84. The monoisotopic (exact) mass is 474 g/mol. The van der Waals surface area contributed by atoms with Gasteiger partial charge in [-0.1, -0.05) is 0 Å². The third-order valence-electron chi connectivity index (χ3n) is 5.78. The maximum Gasteiger partial charge on any atom is 0.283 e. The van der Waals surface area contributed by atoms with E-state index in [1.165, 1.54) is 0 Å². The van der Waals surface area contributed by atoms with Gasteiger partial charge in [0, 0.05) is 0 Å². The highest BCUT2D eigenvalue weighted by Gasteiger charge is 2.58. The average molecular weight is 474 g/mol. The fraction of sp³-hybridized carbons (Fsp3) is 1.00. The van der Waals surface area contributed by atoms with Gasteiger partial charge in [-0.05, 0) is 0 Å². The third-order valence-corrected chi connectivity index (χ3v) is 5.78. The van der Waals surface area contributed by atoms with E-state index in [2.05, 4.69) is 0 Å². The Kier molecular flexibility index (Phi) is 8.08. The Labute approximate surface area is 181 Å². The minimum atomic E-state index is -2.34. The van der Waals surface area contributed by atoms with Crippen LogP contribution in [0, 0.1) is 0 Å². The highest BCUT2D eigenvalue weighted by atomic mass is 16.8. The summed E-state index contributed by atoms with van der Waals surface area (Å²) in [4.78, 5) is 0. The summed E-state index contributed by atoms with van der Waals surface area (Å²) in [5.74, 6) is -4.67. The van der Waals surface area contributed by atoms with E-state index < -0.39 is 106 Å². The molecule has 0 aromatic carbocycles. The zero-order valence-corrected chi connectivity index (χ0v) is 16.8. The minimum absolute atomic E-state index is 0.430. The molecule has 0 radical (unpaired) electrons. The Balaban J connectivity index is 1.69. The van der Waals surface area contributed by atoms with E-state index in [4.69, 9.17) is 28.8 Å². The molecule has 10 N–H and O–H groups in total. The Hall–Kier alpha value is -0.600. The molecule has 15 nitrogen and oxygen atoms in total. The number of ether oxygens (including phenoxy) is 5. The molecular weight excluding hydrogens is 444 g/mol. The van der Waals surface area contributed by atoms with Crippen LogP contribution in [0.15, 0.2) is 0 Å². The van der Waals surface area contributed by atoms with Crippen molar-refractivity contribution in [3.05, 3.63) is 0 Å². The van der Waals surface area contributed by atoms with Crippen molar-refractivity contribution in [3.63, 3.8) is 0 Å². The number of aliphatic hydroxyl groups excluding tert-OH is 9. The summed E-state index contributed by atoms with van der Waals surface area (Å²) in [6, 6.07) is 0. The summed E-state index contributed by atoms with van der Waals surface area (Å²) in [7, 11) is 0. The number of aliphatic hydroxyl groups is 10. The van der Waals surface area contributed by atoms with Crippen molar-refractivity contribution in [1.82, 2.24) is 0 Å². The van der Waals surface area contributed by atoms with Crippen LogP contribution in [-0.2, 0) is 23.7 Å². The van der Waals surface area contributed by atoms with E-state index in [1.807, 2.05) is 0 Å². The van der Waals surface area contributed by atoms with Gasteiger partial charge in [-0.3, -0.25) is 0 Å². The van der Waals surface area contributed by atoms with E-state index in [0.717, 1.165) is 0 Å². The smallest absolute Gasteiger partial charge is 0.283 e. The van der Waals surface area contributed by atoms with Gasteiger partial charge >= 0.3 is 0 Å². The van der Waals surface area contributed by atoms with Crippen LogP contribution >= 0.6 is 0 Å². The van der Waals surface area contributed by atoms with Crippen molar-refractivity contribution in [1.29, 1.82) is 0 Å². The van der Waals surface area contributed by atoms with Crippen LogP contribution in [0.5, 0.6) is 0 Å². The fourth-order valence-electron chi connectivity index (χ4n) is 3.84. The quantitative estimate of drug-likeness (QED) is 0.147. The summed E-state index contributed by atoms with van der Waals surface area (Å²) < 4.78 is 26.1. The van der Waals surface area contributed by atoms with Crippen LogP contribution in [-0.4, -0.2) is 150 Å². The van der Waals surface area contributed by atoms with Crippen LogP contribution in [0.4, 0.5) is 0 Å². The van der Waals surface area contributed by atoms with Crippen LogP contribution in [0.1, 0.15) is 6.42 Å².